The Balaban J connectivity index is 1.27. The molecule has 6 rings (SSSR count). The molecule has 1 spiro atoms. The summed E-state index contributed by atoms with van der Waals surface area (Å²) < 4.78 is 22.0. The number of carbonyl (C=O) groups excluding carboxylic acids is 3. The van der Waals surface area contributed by atoms with Crippen molar-refractivity contribution in [3.8, 4) is 0 Å². The molecule has 0 bridgehead atoms. The summed E-state index contributed by atoms with van der Waals surface area (Å²) in [6, 6.07) is 16.3. The van der Waals surface area contributed by atoms with Gasteiger partial charge in [-0.15, -0.1) is 0 Å². The van der Waals surface area contributed by atoms with Crippen LogP contribution in [-0.4, -0.2) is 40.2 Å². The number of rotatable bonds is 4. The Morgan fingerprint density at radius 2 is 1.84 bits per heavy atom. The van der Waals surface area contributed by atoms with Crippen LogP contribution in [0.15, 0.2) is 71.3 Å². The molecule has 0 aliphatic carbocycles. The third-order valence-electron chi connectivity index (χ3n) is 7.37. The second-order valence-electron chi connectivity index (χ2n) is 9.63. The van der Waals surface area contributed by atoms with Gasteiger partial charge < -0.3 is 14.2 Å². The topological polar surface area (TPSA) is 68.6 Å². The van der Waals surface area contributed by atoms with Gasteiger partial charge in [-0.3, -0.25) is 9.59 Å². The summed E-state index contributed by atoms with van der Waals surface area (Å²) in [5.41, 5.74) is 2.03. The van der Waals surface area contributed by atoms with Gasteiger partial charge in [-0.1, -0.05) is 51.8 Å². The van der Waals surface area contributed by atoms with Crippen LogP contribution >= 0.6 is 27.5 Å². The van der Waals surface area contributed by atoms with E-state index >= 15 is 0 Å². The first-order valence-corrected chi connectivity index (χ1v) is 13.3. The van der Waals surface area contributed by atoms with Crippen LogP contribution in [0.2, 0.25) is 5.02 Å². The predicted octanol–water partition coefficient (Wildman–Crippen LogP) is 6.38. The van der Waals surface area contributed by atoms with E-state index in [-0.39, 0.29) is 29.8 Å². The molecule has 6 nitrogen and oxygen atoms in total. The van der Waals surface area contributed by atoms with E-state index in [1.165, 1.54) is 18.2 Å². The number of benzene rings is 3. The normalized spacial score (nSPS) is 16.1. The first-order chi connectivity index (χ1) is 18.2. The number of Topliss-reactive ketones (excluding diaryl/α,β-unsaturated/α-hetero) is 1. The zero-order valence-electron chi connectivity index (χ0n) is 20.0. The SMILES string of the molecule is O=C(Cn1cc(C(=O)N2CCC3(CC2)OC(=O)c2cc(Br)ccc23)c2ccc(Cl)cc21)c1cccc(F)c1. The number of likely N-dealkylation sites (tertiary alicyclic amines) is 1. The molecule has 38 heavy (non-hydrogen) atoms. The lowest BCUT2D eigenvalue weighted by Crippen LogP contribution is -2.45. The molecule has 1 fully saturated rings. The third kappa shape index (κ3) is 4.22. The lowest BCUT2D eigenvalue weighted by molar-refractivity contribution is -0.0389. The fraction of sp³-hybridized carbons (Fsp3) is 0.207. The summed E-state index contributed by atoms with van der Waals surface area (Å²) in [7, 11) is 0. The van der Waals surface area contributed by atoms with E-state index in [0.717, 1.165) is 10.0 Å². The number of esters is 1. The summed E-state index contributed by atoms with van der Waals surface area (Å²) in [6.45, 7) is 0.743. The highest BCUT2D eigenvalue weighted by atomic mass is 79.9. The molecule has 3 heterocycles. The van der Waals surface area contributed by atoms with Crippen LogP contribution in [0, 0.1) is 5.82 Å². The van der Waals surface area contributed by atoms with Gasteiger partial charge in [-0.05, 0) is 36.4 Å². The Morgan fingerprint density at radius 3 is 2.61 bits per heavy atom. The second kappa shape index (κ2) is 9.36. The van der Waals surface area contributed by atoms with Gasteiger partial charge in [0.1, 0.15) is 11.4 Å². The Morgan fingerprint density at radius 1 is 1.05 bits per heavy atom. The lowest BCUT2D eigenvalue weighted by atomic mass is 9.83. The van der Waals surface area contributed by atoms with Crippen molar-refractivity contribution in [1.82, 2.24) is 9.47 Å². The number of fused-ring (bicyclic) bond motifs is 3. The zero-order chi connectivity index (χ0) is 26.6. The number of aromatic nitrogens is 1. The van der Waals surface area contributed by atoms with Crippen molar-refractivity contribution >= 4 is 56.1 Å². The first-order valence-electron chi connectivity index (χ1n) is 12.1. The Kier molecular flexibility index (Phi) is 6.12. The minimum atomic E-state index is -0.733. The fourth-order valence-corrected chi connectivity index (χ4v) is 5.98. The number of ether oxygens (including phenoxy) is 1. The van der Waals surface area contributed by atoms with E-state index in [0.29, 0.717) is 53.0 Å². The van der Waals surface area contributed by atoms with Gasteiger partial charge in [0.25, 0.3) is 5.91 Å². The number of ketones is 1. The van der Waals surface area contributed by atoms with Gasteiger partial charge in [0.2, 0.25) is 0 Å². The molecule has 0 saturated carbocycles. The molecule has 0 N–H and O–H groups in total. The number of hydrogen-bond donors (Lipinski definition) is 0. The van der Waals surface area contributed by atoms with Crippen LogP contribution < -0.4 is 0 Å². The molecule has 3 aromatic carbocycles. The molecule has 0 radical (unpaired) electrons. The number of carbonyl (C=O) groups is 3. The van der Waals surface area contributed by atoms with E-state index in [9.17, 15) is 18.8 Å². The zero-order valence-corrected chi connectivity index (χ0v) is 22.4. The summed E-state index contributed by atoms with van der Waals surface area (Å²) in [5, 5.41) is 1.15. The van der Waals surface area contributed by atoms with E-state index in [1.807, 2.05) is 12.1 Å². The Hall–Kier alpha value is -3.49. The molecule has 192 valence electrons. The summed E-state index contributed by atoms with van der Waals surface area (Å²) >= 11 is 9.65. The van der Waals surface area contributed by atoms with Gasteiger partial charge in [-0.2, -0.15) is 0 Å². The van der Waals surface area contributed by atoms with Gasteiger partial charge in [0.05, 0.1) is 23.2 Å². The molecular formula is C29H21BrClFN2O4. The van der Waals surface area contributed by atoms with Crippen molar-refractivity contribution in [2.45, 2.75) is 25.0 Å². The van der Waals surface area contributed by atoms with Gasteiger partial charge in [-0.25, -0.2) is 9.18 Å². The predicted molar refractivity (Wildman–Crippen MR) is 144 cm³/mol. The van der Waals surface area contributed by atoms with Crippen molar-refractivity contribution in [2.75, 3.05) is 13.1 Å². The third-order valence-corrected chi connectivity index (χ3v) is 8.10. The van der Waals surface area contributed by atoms with Gasteiger partial charge in [0, 0.05) is 58.1 Å². The van der Waals surface area contributed by atoms with Gasteiger partial charge >= 0.3 is 5.97 Å². The molecule has 0 unspecified atom stereocenters. The number of hydrogen-bond acceptors (Lipinski definition) is 4. The van der Waals surface area contributed by atoms with Crippen LogP contribution in [0.4, 0.5) is 4.39 Å². The van der Waals surface area contributed by atoms with Gasteiger partial charge in [0.15, 0.2) is 5.78 Å². The van der Waals surface area contributed by atoms with Crippen molar-refractivity contribution in [2.24, 2.45) is 0 Å². The highest BCUT2D eigenvalue weighted by Gasteiger charge is 2.48. The molecule has 1 amide bonds. The summed E-state index contributed by atoms with van der Waals surface area (Å²) in [5.74, 6) is -1.29. The highest BCUT2D eigenvalue weighted by Crippen LogP contribution is 2.45. The number of halogens is 3. The Labute approximate surface area is 231 Å². The van der Waals surface area contributed by atoms with Crippen molar-refractivity contribution in [1.29, 1.82) is 0 Å². The highest BCUT2D eigenvalue weighted by molar-refractivity contribution is 9.10. The molecule has 2 aliphatic heterocycles. The lowest BCUT2D eigenvalue weighted by Gasteiger charge is -2.38. The van der Waals surface area contributed by atoms with E-state index in [2.05, 4.69) is 15.9 Å². The minimum Gasteiger partial charge on any atom is -0.450 e. The maximum Gasteiger partial charge on any atom is 0.339 e. The summed E-state index contributed by atoms with van der Waals surface area (Å²) in [4.78, 5) is 40.9. The summed E-state index contributed by atoms with van der Waals surface area (Å²) in [6.07, 6.45) is 2.64. The average Bonchev–Trinajstić information content (AvgIpc) is 3.38. The quantitative estimate of drug-likeness (QED) is 0.203. The molecule has 4 aromatic rings. The largest absolute Gasteiger partial charge is 0.450 e. The van der Waals surface area contributed by atoms with Crippen LogP contribution in [-0.2, 0) is 16.9 Å². The van der Waals surface area contributed by atoms with E-state index in [4.69, 9.17) is 16.3 Å². The minimum absolute atomic E-state index is 0.0705. The molecule has 9 heteroatoms. The molecule has 0 atom stereocenters. The second-order valence-corrected chi connectivity index (χ2v) is 11.0. The van der Waals surface area contributed by atoms with Crippen LogP contribution in [0.5, 0.6) is 0 Å². The fourth-order valence-electron chi connectivity index (χ4n) is 5.46. The number of piperidine rings is 1. The molecule has 1 saturated heterocycles. The maximum absolute atomic E-state index is 13.7. The van der Waals surface area contributed by atoms with E-state index in [1.54, 1.807) is 46.0 Å². The molecular weight excluding hydrogens is 575 g/mol. The standard InChI is InChI=1S/C29H21BrClFN2O4/c30-18-4-7-24-22(13-18)28(37)38-29(24)8-10-33(11-9-29)27(36)23-15-34(25-14-19(31)5-6-21(23)25)16-26(35)17-2-1-3-20(32)12-17/h1-7,12-15H,8-11,16H2. The average molecular weight is 596 g/mol. The Bertz CT molecular complexity index is 1640. The van der Waals surface area contributed by atoms with Crippen LogP contribution in [0.1, 0.15) is 49.5 Å². The monoisotopic (exact) mass is 594 g/mol. The van der Waals surface area contributed by atoms with Crippen molar-refractivity contribution < 1.29 is 23.5 Å². The molecule has 1 aromatic heterocycles. The van der Waals surface area contributed by atoms with Crippen molar-refractivity contribution in [3.63, 3.8) is 0 Å². The number of amides is 1. The van der Waals surface area contributed by atoms with E-state index < -0.39 is 11.4 Å². The number of nitrogens with zero attached hydrogens (tertiary/aromatic N) is 2. The first kappa shape index (κ1) is 24.8. The van der Waals surface area contributed by atoms with Crippen LogP contribution in [0.3, 0.4) is 0 Å². The van der Waals surface area contributed by atoms with Crippen molar-refractivity contribution in [3.05, 3.63) is 104 Å². The smallest absolute Gasteiger partial charge is 0.339 e. The van der Waals surface area contributed by atoms with Crippen LogP contribution in [0.25, 0.3) is 10.9 Å². The molecule has 2 aliphatic rings. The maximum atomic E-state index is 13.7.